The number of aliphatic hydroxyl groups excluding tert-OH is 1. The highest BCUT2D eigenvalue weighted by Crippen LogP contribution is 2.17. The van der Waals surface area contributed by atoms with Gasteiger partial charge in [0.1, 0.15) is 12.2 Å². The number of primary amides is 1. The number of nitrogens with one attached hydrogen (secondary N) is 6. The van der Waals surface area contributed by atoms with E-state index in [2.05, 4.69) is 49.1 Å². The molecule has 3 atom stereocenters. The fraction of sp³-hybridized carbons (Fsp3) is 0.595. The van der Waals surface area contributed by atoms with Crippen molar-refractivity contribution < 1.29 is 38.7 Å². The third-order valence-electron chi connectivity index (χ3n) is 7.71. The number of carbonyl (C=O) groups is 7. The summed E-state index contributed by atoms with van der Waals surface area (Å²) in [7, 11) is 2.04. The lowest BCUT2D eigenvalue weighted by Crippen LogP contribution is -2.47. The Morgan fingerprint density at radius 1 is 0.932 bits per heavy atom. The molecule has 21 nitrogen and oxygen atoms in total. The number of aromatic nitrogens is 3. The van der Waals surface area contributed by atoms with E-state index in [1.807, 2.05) is 36.9 Å². The lowest BCUT2D eigenvalue weighted by Gasteiger charge is -2.18. The number of nitrogens with two attached hydrogens (primary N) is 4. The van der Waals surface area contributed by atoms with Gasteiger partial charge < -0.3 is 59.9 Å². The Labute approximate surface area is 349 Å². The maximum absolute atomic E-state index is 12.5. The predicted molar refractivity (Wildman–Crippen MR) is 229 cm³/mol. The van der Waals surface area contributed by atoms with Crippen LogP contribution in [0.2, 0.25) is 0 Å². The molecule has 1 aromatic carbocycles. The number of hydrogen-bond donors (Lipinski definition) is 11. The summed E-state index contributed by atoms with van der Waals surface area (Å²) in [5.74, 6) is -1.07. The molecule has 7 amide bonds. The van der Waals surface area contributed by atoms with Crippen LogP contribution in [0.15, 0.2) is 24.4 Å². The smallest absolute Gasteiger partial charge is 0.312 e. The minimum Gasteiger partial charge on any atom is -0.392 e. The molecule has 0 saturated carbocycles. The second kappa shape index (κ2) is 34.9. The minimum absolute atomic E-state index is 0.0273. The van der Waals surface area contributed by atoms with Gasteiger partial charge in [-0.15, -0.1) is 5.10 Å². The number of aliphatic hydroxyl groups is 1. The van der Waals surface area contributed by atoms with Crippen LogP contribution in [0, 0.1) is 5.92 Å². The van der Waals surface area contributed by atoms with Gasteiger partial charge in [-0.05, 0) is 69.3 Å². The van der Waals surface area contributed by atoms with Gasteiger partial charge in [-0.1, -0.05) is 61.1 Å². The van der Waals surface area contributed by atoms with Crippen LogP contribution in [0.4, 0.5) is 10.5 Å². The molecular weight excluding hydrogens is 785 g/mol. The largest absolute Gasteiger partial charge is 0.392 e. The van der Waals surface area contributed by atoms with Crippen LogP contribution in [-0.2, 0) is 43.7 Å². The third kappa shape index (κ3) is 29.7. The average molecular weight is 854 g/mol. The van der Waals surface area contributed by atoms with Gasteiger partial charge in [0, 0.05) is 23.8 Å². The van der Waals surface area contributed by atoms with E-state index < -0.39 is 23.9 Å². The lowest BCUT2D eigenvalue weighted by atomic mass is 10.1. The molecule has 0 aliphatic heterocycles. The normalized spacial score (nSPS) is 11.0. The number of anilines is 1. The highest BCUT2D eigenvalue weighted by Gasteiger charge is 2.16. The molecule has 1 heterocycles. The van der Waals surface area contributed by atoms with Crippen LogP contribution >= 0.6 is 9.24 Å². The Balaban J connectivity index is 0. The van der Waals surface area contributed by atoms with Crippen LogP contribution < -0.4 is 54.8 Å². The van der Waals surface area contributed by atoms with E-state index in [1.165, 1.54) is 41.9 Å². The van der Waals surface area contributed by atoms with E-state index in [0.717, 1.165) is 25.8 Å². The van der Waals surface area contributed by atoms with Gasteiger partial charge >= 0.3 is 6.03 Å². The molecule has 0 spiro atoms. The molecule has 2 rings (SSSR count). The lowest BCUT2D eigenvalue weighted by molar-refractivity contribution is -0.127. The molecule has 0 bridgehead atoms. The first-order valence-corrected chi connectivity index (χ1v) is 20.0. The van der Waals surface area contributed by atoms with Crippen LogP contribution in [0.25, 0.3) is 0 Å². The Kier molecular flexibility index (Phi) is 33.2. The van der Waals surface area contributed by atoms with Crippen LogP contribution in [0.3, 0.4) is 0 Å². The van der Waals surface area contributed by atoms with E-state index in [0.29, 0.717) is 48.8 Å². The predicted octanol–water partition coefficient (Wildman–Crippen LogP) is -0.684. The van der Waals surface area contributed by atoms with Gasteiger partial charge in [-0.2, -0.15) is 0 Å². The first-order chi connectivity index (χ1) is 28.0. The van der Waals surface area contributed by atoms with Gasteiger partial charge in [-0.25, -0.2) is 9.48 Å². The highest BCUT2D eigenvalue weighted by atomic mass is 31.0. The topological polar surface area (TPSA) is 347 Å². The van der Waals surface area contributed by atoms with Crippen molar-refractivity contribution >= 4 is 56.5 Å². The Morgan fingerprint density at radius 2 is 1.61 bits per heavy atom. The summed E-state index contributed by atoms with van der Waals surface area (Å²) < 4.78 is 1.35. The van der Waals surface area contributed by atoms with Gasteiger partial charge in [0.2, 0.25) is 24.1 Å². The van der Waals surface area contributed by atoms with Crippen molar-refractivity contribution in [2.45, 2.75) is 105 Å². The number of rotatable bonds is 23. The van der Waals surface area contributed by atoms with Crippen molar-refractivity contribution in [3.8, 4) is 0 Å². The van der Waals surface area contributed by atoms with Gasteiger partial charge in [0.25, 0.3) is 5.91 Å². The van der Waals surface area contributed by atoms with Gasteiger partial charge in [0.15, 0.2) is 5.52 Å². The molecule has 334 valence electrons. The fourth-order valence-corrected chi connectivity index (χ4v) is 4.31. The maximum Gasteiger partial charge on any atom is 0.312 e. The van der Waals surface area contributed by atoms with E-state index in [1.54, 1.807) is 0 Å². The molecule has 0 saturated heterocycles. The standard InChI is InChI=1S/C16H19N6O5P.C13H28N4O2.C4H10N2O.C4H11N/c23-8-10-1-2-11(19-14(25)5-17-9-24)3-13(10)16(27)18-4-12-6-22(21-20-12)7-15(26)28;1-9(2)10(3)17-12(18)8-16-13(19)11(15)6-4-5-7-14;1-2-3-6-4(5)7;1-2-3-4-5/h1-3,6,9,23H,4-5,7-8,28H2,(H,17,24)(H,18,27)(H,19,25);9-11H,4-8,14-15H2,1-3H3,(H,16,19)(H,17,18);2-3H2,1H3,(H3,5,6,7);2-5H2,1H3. The van der Waals surface area contributed by atoms with E-state index in [4.69, 9.17) is 22.9 Å². The summed E-state index contributed by atoms with van der Waals surface area (Å²) in [6, 6.07) is 3.54. The first-order valence-electron chi connectivity index (χ1n) is 19.4. The summed E-state index contributed by atoms with van der Waals surface area (Å²) in [6.07, 6.45) is 7.52. The van der Waals surface area contributed by atoms with E-state index in [-0.39, 0.29) is 61.7 Å². The van der Waals surface area contributed by atoms with Crippen molar-refractivity contribution in [3.05, 3.63) is 41.2 Å². The number of carbonyl (C=O) groups excluding carboxylic acids is 7. The minimum atomic E-state index is -0.568. The quantitative estimate of drug-likeness (QED) is 0.0375. The van der Waals surface area contributed by atoms with E-state index >= 15 is 0 Å². The highest BCUT2D eigenvalue weighted by molar-refractivity contribution is 7.39. The van der Waals surface area contributed by atoms with Crippen molar-refractivity contribution in [1.82, 2.24) is 41.6 Å². The molecule has 0 aliphatic rings. The van der Waals surface area contributed by atoms with Gasteiger partial charge in [0.05, 0.1) is 38.5 Å². The monoisotopic (exact) mass is 854 g/mol. The van der Waals surface area contributed by atoms with Gasteiger partial charge in [-0.3, -0.25) is 28.8 Å². The molecule has 3 unspecified atom stereocenters. The number of nitrogens with zero attached hydrogens (tertiary/aromatic N) is 3. The summed E-state index contributed by atoms with van der Waals surface area (Å²) in [6.45, 7) is 11.7. The molecule has 15 N–H and O–H groups in total. The second-order valence-corrected chi connectivity index (χ2v) is 13.9. The molecule has 59 heavy (non-hydrogen) atoms. The first kappa shape index (κ1) is 56.0. The van der Waals surface area contributed by atoms with Crippen LogP contribution in [-0.4, -0.2) is 107 Å². The van der Waals surface area contributed by atoms with Crippen LogP contribution in [0.5, 0.6) is 0 Å². The summed E-state index contributed by atoms with van der Waals surface area (Å²) in [5.41, 5.74) is 22.1. The number of benzene rings is 1. The zero-order valence-corrected chi connectivity index (χ0v) is 36.2. The summed E-state index contributed by atoms with van der Waals surface area (Å²) in [4.78, 5) is 78.5. The number of unbranched alkanes of at least 4 members (excludes halogenated alkanes) is 2. The number of urea groups is 1. The molecule has 22 heteroatoms. The summed E-state index contributed by atoms with van der Waals surface area (Å²) >= 11 is 0. The second-order valence-electron chi connectivity index (χ2n) is 13.3. The SMILES string of the molecule is CC(C)C(C)NC(=O)CNC(=O)C(N)CCCCN.CCCCN.CCCNC(N)=O.O=CNCC(=O)Nc1ccc(CO)c(C(=O)NCc2cn(CC(=O)P)nn2)c1. The molecule has 0 fully saturated rings. The van der Waals surface area contributed by atoms with Crippen molar-refractivity contribution in [2.75, 3.05) is 38.0 Å². The van der Waals surface area contributed by atoms with Crippen LogP contribution in [0.1, 0.15) is 94.8 Å². The zero-order chi connectivity index (χ0) is 45.2. The van der Waals surface area contributed by atoms with E-state index in [9.17, 15) is 38.7 Å². The number of hydrogen-bond acceptors (Lipinski definition) is 13. The van der Waals surface area contributed by atoms with Crippen molar-refractivity contribution in [3.63, 3.8) is 0 Å². The Bertz CT molecular complexity index is 1540. The maximum atomic E-state index is 12.5. The average Bonchev–Trinajstić information content (AvgIpc) is 3.64. The zero-order valence-electron chi connectivity index (χ0n) is 35.1. The molecule has 1 aromatic heterocycles. The molecule has 0 aliphatic carbocycles. The molecule has 2 aromatic rings. The van der Waals surface area contributed by atoms with Crippen molar-refractivity contribution in [2.24, 2.45) is 28.9 Å². The summed E-state index contributed by atoms with van der Waals surface area (Å²) in [5, 5.41) is 32.3. The Hall–Kier alpha value is -5.08. The Morgan fingerprint density at radius 3 is 2.12 bits per heavy atom. The molecular formula is C37H68N13O8P. The molecule has 0 radical (unpaired) electrons. The fourth-order valence-electron chi connectivity index (χ4n) is 4.13. The number of amides is 7. The van der Waals surface area contributed by atoms with Crippen molar-refractivity contribution in [1.29, 1.82) is 0 Å². The third-order valence-corrected chi connectivity index (χ3v) is 7.90.